The normalized spacial score (nSPS) is 15.1. The Morgan fingerprint density at radius 3 is 2.71 bits per heavy atom. The van der Waals surface area contributed by atoms with Gasteiger partial charge in [-0.25, -0.2) is 0 Å². The van der Waals surface area contributed by atoms with Gasteiger partial charge in [0.15, 0.2) is 16.6 Å². The molecule has 5 nitrogen and oxygen atoms in total. The van der Waals surface area contributed by atoms with Gasteiger partial charge in [-0.2, -0.15) is 0 Å². The third-order valence-electron chi connectivity index (χ3n) is 4.25. The van der Waals surface area contributed by atoms with Crippen LogP contribution in [0.15, 0.2) is 48.2 Å². The van der Waals surface area contributed by atoms with Crippen molar-refractivity contribution < 1.29 is 14.3 Å². The predicted octanol–water partition coefficient (Wildman–Crippen LogP) is 4.40. The predicted molar refractivity (Wildman–Crippen MR) is 114 cm³/mol. The lowest BCUT2D eigenvalue weighted by Crippen LogP contribution is -2.31. The van der Waals surface area contributed by atoms with Gasteiger partial charge in [-0.05, 0) is 48.5 Å². The van der Waals surface area contributed by atoms with Crippen LogP contribution in [-0.2, 0) is 11.4 Å². The molecular formula is C21H21ClN2O3S. The quantitative estimate of drug-likeness (QED) is 0.535. The number of ether oxygens (including phenoxy) is 2. The lowest BCUT2D eigenvalue weighted by atomic mass is 10.1. The lowest BCUT2D eigenvalue weighted by Gasteiger charge is -2.12. The van der Waals surface area contributed by atoms with Crippen LogP contribution in [0.5, 0.6) is 11.5 Å². The first-order valence-corrected chi connectivity index (χ1v) is 9.71. The summed E-state index contributed by atoms with van der Waals surface area (Å²) >= 11 is 11.4. The van der Waals surface area contributed by atoms with Crippen LogP contribution >= 0.6 is 23.8 Å². The van der Waals surface area contributed by atoms with Gasteiger partial charge >= 0.3 is 0 Å². The third-order valence-corrected chi connectivity index (χ3v) is 4.94. The fraction of sp³-hybridized carbons (Fsp3) is 0.238. The van der Waals surface area contributed by atoms with E-state index < -0.39 is 0 Å². The van der Waals surface area contributed by atoms with Crippen LogP contribution in [-0.4, -0.2) is 29.6 Å². The minimum Gasteiger partial charge on any atom is -0.493 e. The Bertz CT molecular complexity index is 930. The van der Waals surface area contributed by atoms with Crippen molar-refractivity contribution in [2.24, 2.45) is 0 Å². The van der Waals surface area contributed by atoms with Crippen molar-refractivity contribution >= 4 is 40.9 Å². The topological polar surface area (TPSA) is 50.8 Å². The van der Waals surface area contributed by atoms with Crippen molar-refractivity contribution in [3.8, 4) is 11.5 Å². The van der Waals surface area contributed by atoms with Gasteiger partial charge in [-0.15, -0.1) is 0 Å². The van der Waals surface area contributed by atoms with Gasteiger partial charge in [0.05, 0.1) is 7.11 Å². The molecule has 0 bridgehead atoms. The van der Waals surface area contributed by atoms with Gasteiger partial charge in [0.25, 0.3) is 5.91 Å². The molecule has 1 saturated heterocycles. The number of hydrogen-bond acceptors (Lipinski definition) is 4. The number of benzene rings is 2. The van der Waals surface area contributed by atoms with E-state index in [1.807, 2.05) is 49.4 Å². The first-order valence-electron chi connectivity index (χ1n) is 8.92. The lowest BCUT2D eigenvalue weighted by molar-refractivity contribution is -0.122. The molecule has 0 atom stereocenters. The number of hydrogen-bond donors (Lipinski definition) is 1. The van der Waals surface area contributed by atoms with Gasteiger partial charge in [-0.1, -0.05) is 42.8 Å². The van der Waals surface area contributed by atoms with E-state index in [1.54, 1.807) is 18.1 Å². The molecule has 0 radical (unpaired) electrons. The van der Waals surface area contributed by atoms with Gasteiger partial charge in [0.2, 0.25) is 0 Å². The standard InChI is InChI=1S/C21H21ClN2O3S/c1-3-10-24-20(25)17(23-21(24)28)11-14-8-9-18(19(12-14)26-2)27-13-15-6-4-5-7-16(15)22/h4-9,11-12H,3,10,13H2,1-2H3,(H,23,28). The maximum absolute atomic E-state index is 12.5. The molecule has 1 aliphatic rings. The van der Waals surface area contributed by atoms with Crippen molar-refractivity contribution in [1.29, 1.82) is 0 Å². The number of thiocarbonyl (C=S) groups is 1. The van der Waals surface area contributed by atoms with Crippen LogP contribution in [0.2, 0.25) is 5.02 Å². The number of carbonyl (C=O) groups excluding carboxylic acids is 1. The molecule has 1 amide bonds. The molecule has 1 aliphatic heterocycles. The fourth-order valence-corrected chi connectivity index (χ4v) is 3.30. The Kier molecular flexibility index (Phi) is 6.54. The van der Waals surface area contributed by atoms with Crippen LogP contribution in [0.1, 0.15) is 24.5 Å². The van der Waals surface area contributed by atoms with E-state index in [0.29, 0.717) is 40.5 Å². The van der Waals surface area contributed by atoms with Crippen molar-refractivity contribution in [1.82, 2.24) is 10.2 Å². The number of nitrogens with zero attached hydrogens (tertiary/aromatic N) is 1. The molecule has 28 heavy (non-hydrogen) atoms. The highest BCUT2D eigenvalue weighted by molar-refractivity contribution is 7.80. The Morgan fingerprint density at radius 1 is 1.21 bits per heavy atom. The van der Waals surface area contributed by atoms with Crippen LogP contribution < -0.4 is 14.8 Å². The minimum atomic E-state index is -0.120. The van der Waals surface area contributed by atoms with E-state index in [2.05, 4.69) is 5.32 Å². The summed E-state index contributed by atoms with van der Waals surface area (Å²) in [6.45, 7) is 2.93. The van der Waals surface area contributed by atoms with E-state index in [9.17, 15) is 4.79 Å². The van der Waals surface area contributed by atoms with Gasteiger partial charge < -0.3 is 14.8 Å². The SMILES string of the molecule is CCCN1C(=O)C(=Cc2ccc(OCc3ccccc3Cl)c(OC)c2)NC1=S. The molecule has 0 aliphatic carbocycles. The van der Waals surface area contributed by atoms with E-state index in [0.717, 1.165) is 17.5 Å². The summed E-state index contributed by atoms with van der Waals surface area (Å²) in [4.78, 5) is 14.0. The highest BCUT2D eigenvalue weighted by Crippen LogP contribution is 2.30. The van der Waals surface area contributed by atoms with E-state index in [4.69, 9.17) is 33.3 Å². The zero-order valence-corrected chi connectivity index (χ0v) is 17.3. The molecule has 2 aromatic rings. The number of halogens is 1. The Labute approximate surface area is 174 Å². The smallest absolute Gasteiger partial charge is 0.276 e. The van der Waals surface area contributed by atoms with Crippen molar-refractivity contribution in [2.45, 2.75) is 20.0 Å². The van der Waals surface area contributed by atoms with Gasteiger partial charge in [0.1, 0.15) is 12.3 Å². The molecule has 1 heterocycles. The summed E-state index contributed by atoms with van der Waals surface area (Å²) in [6.07, 6.45) is 2.59. The highest BCUT2D eigenvalue weighted by atomic mass is 35.5. The zero-order valence-electron chi connectivity index (χ0n) is 15.7. The fourth-order valence-electron chi connectivity index (χ4n) is 2.83. The second kappa shape index (κ2) is 9.08. The Balaban J connectivity index is 1.77. The summed E-state index contributed by atoms with van der Waals surface area (Å²) in [5.41, 5.74) is 2.15. The average Bonchev–Trinajstić information content (AvgIpc) is 2.95. The van der Waals surface area contributed by atoms with Crippen molar-refractivity contribution in [3.63, 3.8) is 0 Å². The Hall–Kier alpha value is -2.57. The Morgan fingerprint density at radius 2 is 2.00 bits per heavy atom. The first-order chi connectivity index (χ1) is 13.5. The first kappa shape index (κ1) is 20.2. The number of rotatable bonds is 7. The van der Waals surface area contributed by atoms with Crippen LogP contribution in [0.3, 0.4) is 0 Å². The number of methoxy groups -OCH3 is 1. The molecule has 0 aromatic heterocycles. The van der Waals surface area contributed by atoms with E-state index in [1.165, 1.54) is 0 Å². The third kappa shape index (κ3) is 4.46. The molecule has 7 heteroatoms. The summed E-state index contributed by atoms with van der Waals surface area (Å²) in [7, 11) is 1.58. The molecule has 3 rings (SSSR count). The molecule has 2 aromatic carbocycles. The summed E-state index contributed by atoms with van der Waals surface area (Å²) in [6, 6.07) is 13.0. The molecule has 0 spiro atoms. The molecular weight excluding hydrogens is 396 g/mol. The average molecular weight is 417 g/mol. The number of carbonyl (C=O) groups is 1. The molecule has 1 N–H and O–H groups in total. The molecule has 1 fully saturated rings. The summed E-state index contributed by atoms with van der Waals surface area (Å²) in [5, 5.41) is 4.06. The highest BCUT2D eigenvalue weighted by Gasteiger charge is 2.29. The van der Waals surface area contributed by atoms with Crippen LogP contribution in [0, 0.1) is 0 Å². The second-order valence-corrected chi connectivity index (χ2v) is 7.03. The van der Waals surface area contributed by atoms with Crippen LogP contribution in [0.25, 0.3) is 6.08 Å². The van der Waals surface area contributed by atoms with Crippen molar-refractivity contribution in [3.05, 3.63) is 64.3 Å². The largest absolute Gasteiger partial charge is 0.493 e. The summed E-state index contributed by atoms with van der Waals surface area (Å²) < 4.78 is 11.3. The zero-order chi connectivity index (χ0) is 20.1. The van der Waals surface area contributed by atoms with Crippen molar-refractivity contribution in [2.75, 3.05) is 13.7 Å². The van der Waals surface area contributed by atoms with Crippen LogP contribution in [0.4, 0.5) is 0 Å². The minimum absolute atomic E-state index is 0.120. The van der Waals surface area contributed by atoms with Gasteiger partial charge in [0, 0.05) is 17.1 Å². The van der Waals surface area contributed by atoms with Gasteiger partial charge in [-0.3, -0.25) is 9.69 Å². The maximum Gasteiger partial charge on any atom is 0.276 e. The van der Waals surface area contributed by atoms with E-state index in [-0.39, 0.29) is 5.91 Å². The maximum atomic E-state index is 12.5. The number of amides is 1. The number of nitrogens with one attached hydrogen (secondary N) is 1. The second-order valence-electron chi connectivity index (χ2n) is 6.24. The monoisotopic (exact) mass is 416 g/mol. The van der Waals surface area contributed by atoms with E-state index >= 15 is 0 Å². The summed E-state index contributed by atoms with van der Waals surface area (Å²) in [5.74, 6) is 1.04. The molecule has 0 saturated carbocycles. The molecule has 146 valence electrons. The molecule has 0 unspecified atom stereocenters.